The molecule has 1 aliphatic rings. The smallest absolute Gasteiger partial charge is 0.0661 e. The average molecular weight is 221 g/mol. The van der Waals surface area contributed by atoms with Crippen LogP contribution in [0.5, 0.6) is 0 Å². The van der Waals surface area contributed by atoms with E-state index in [-0.39, 0.29) is 0 Å². The van der Waals surface area contributed by atoms with E-state index in [2.05, 4.69) is 48.3 Å². The van der Waals surface area contributed by atoms with Crippen LogP contribution in [0.1, 0.15) is 27.9 Å². The number of hydrogen-bond donors (Lipinski definition) is 0. The summed E-state index contributed by atoms with van der Waals surface area (Å²) < 4.78 is 0. The van der Waals surface area contributed by atoms with E-state index in [0.29, 0.717) is 0 Å². The predicted molar refractivity (Wildman–Crippen MR) is 71.8 cm³/mol. The van der Waals surface area contributed by atoms with Gasteiger partial charge >= 0.3 is 0 Å². The van der Waals surface area contributed by atoms with Crippen molar-refractivity contribution in [1.29, 1.82) is 0 Å². The van der Waals surface area contributed by atoms with Crippen molar-refractivity contribution >= 4 is 12.2 Å². The van der Waals surface area contributed by atoms with Gasteiger partial charge in [0.05, 0.1) is 5.69 Å². The quantitative estimate of drug-likeness (QED) is 0.661. The van der Waals surface area contributed by atoms with Gasteiger partial charge in [0.2, 0.25) is 0 Å². The monoisotopic (exact) mass is 221 g/mol. The molecule has 0 atom stereocenters. The molecule has 0 fully saturated rings. The summed E-state index contributed by atoms with van der Waals surface area (Å²) in [5, 5.41) is 0. The average Bonchev–Trinajstić information content (AvgIpc) is 2.33. The maximum absolute atomic E-state index is 4.42. The second-order valence-electron chi connectivity index (χ2n) is 4.58. The summed E-state index contributed by atoms with van der Waals surface area (Å²) in [6.07, 6.45) is 8.34. The van der Waals surface area contributed by atoms with Gasteiger partial charge in [-0.15, -0.1) is 0 Å². The van der Waals surface area contributed by atoms with Crippen LogP contribution in [-0.4, -0.2) is 4.98 Å². The summed E-state index contributed by atoms with van der Waals surface area (Å²) >= 11 is 0. The molecule has 1 heterocycles. The first-order valence-corrected chi connectivity index (χ1v) is 6.04. The molecule has 0 radical (unpaired) electrons. The molecule has 0 amide bonds. The number of benzene rings is 1. The fraction of sp³-hybridized carbons (Fsp3) is 0.188. The Kier molecular flexibility index (Phi) is 2.52. The second-order valence-corrected chi connectivity index (χ2v) is 4.58. The normalized spacial score (nSPS) is 15.4. The summed E-state index contributed by atoms with van der Waals surface area (Å²) in [6.45, 7) is 2.15. The summed E-state index contributed by atoms with van der Waals surface area (Å²) in [5.74, 6) is 0. The molecule has 0 saturated carbocycles. The first-order chi connectivity index (χ1) is 8.33. The summed E-state index contributed by atoms with van der Waals surface area (Å²) in [5.41, 5.74) is 6.56. The highest BCUT2D eigenvalue weighted by atomic mass is 14.7. The summed E-state index contributed by atoms with van der Waals surface area (Å²) in [6, 6.07) is 10.9. The summed E-state index contributed by atoms with van der Waals surface area (Å²) in [4.78, 5) is 4.42. The lowest BCUT2D eigenvalue weighted by atomic mass is 9.94. The van der Waals surface area contributed by atoms with E-state index >= 15 is 0 Å². The van der Waals surface area contributed by atoms with E-state index in [1.807, 2.05) is 12.3 Å². The van der Waals surface area contributed by atoms with Gasteiger partial charge in [0, 0.05) is 6.20 Å². The van der Waals surface area contributed by atoms with Crippen LogP contribution in [-0.2, 0) is 12.8 Å². The number of hydrogen-bond acceptors (Lipinski definition) is 1. The zero-order chi connectivity index (χ0) is 11.7. The number of pyridine rings is 1. The van der Waals surface area contributed by atoms with Gasteiger partial charge in [-0.25, -0.2) is 0 Å². The Bertz CT molecular complexity index is 582. The number of fused-ring (bicyclic) bond motifs is 2. The van der Waals surface area contributed by atoms with Crippen molar-refractivity contribution in [3.8, 4) is 0 Å². The zero-order valence-corrected chi connectivity index (χ0v) is 9.98. The molecule has 3 rings (SSSR count). The Balaban J connectivity index is 2.09. The molecule has 0 saturated heterocycles. The third-order valence-electron chi connectivity index (χ3n) is 3.31. The van der Waals surface area contributed by atoms with E-state index < -0.39 is 0 Å². The van der Waals surface area contributed by atoms with Crippen LogP contribution in [0.3, 0.4) is 0 Å². The third kappa shape index (κ3) is 2.01. The van der Waals surface area contributed by atoms with E-state index in [9.17, 15) is 0 Å². The van der Waals surface area contributed by atoms with Crippen LogP contribution in [0.2, 0.25) is 0 Å². The van der Waals surface area contributed by atoms with Gasteiger partial charge < -0.3 is 0 Å². The van der Waals surface area contributed by atoms with Gasteiger partial charge in [-0.1, -0.05) is 35.9 Å². The lowest BCUT2D eigenvalue weighted by molar-refractivity contribution is 0.938. The van der Waals surface area contributed by atoms with Crippen molar-refractivity contribution in [1.82, 2.24) is 4.98 Å². The maximum atomic E-state index is 4.42. The fourth-order valence-electron chi connectivity index (χ4n) is 2.36. The third-order valence-corrected chi connectivity index (χ3v) is 3.31. The number of aryl methyl sites for hydroxylation is 3. The van der Waals surface area contributed by atoms with Gasteiger partial charge in [0.1, 0.15) is 0 Å². The topological polar surface area (TPSA) is 12.9 Å². The van der Waals surface area contributed by atoms with Crippen LogP contribution in [0.25, 0.3) is 12.2 Å². The molecule has 0 aliphatic heterocycles. The molecule has 1 aromatic carbocycles. The van der Waals surface area contributed by atoms with Crippen LogP contribution < -0.4 is 0 Å². The Morgan fingerprint density at radius 1 is 1.00 bits per heavy atom. The highest BCUT2D eigenvalue weighted by Crippen LogP contribution is 2.21. The zero-order valence-electron chi connectivity index (χ0n) is 9.98. The SMILES string of the molecule is Cc1ccc2c(c1)CCc1cccnc1/C=C\2. The highest BCUT2D eigenvalue weighted by Gasteiger charge is 2.07. The van der Waals surface area contributed by atoms with Crippen LogP contribution in [0.4, 0.5) is 0 Å². The highest BCUT2D eigenvalue weighted by molar-refractivity contribution is 5.72. The second kappa shape index (κ2) is 4.17. The molecule has 2 aromatic rings. The largest absolute Gasteiger partial charge is 0.257 e. The van der Waals surface area contributed by atoms with Crippen molar-refractivity contribution in [2.24, 2.45) is 0 Å². The minimum absolute atomic E-state index is 1.07. The van der Waals surface area contributed by atoms with Crippen molar-refractivity contribution in [2.45, 2.75) is 19.8 Å². The predicted octanol–water partition coefficient (Wildman–Crippen LogP) is 3.66. The van der Waals surface area contributed by atoms with E-state index in [0.717, 1.165) is 18.5 Å². The van der Waals surface area contributed by atoms with E-state index in [1.54, 1.807) is 0 Å². The van der Waals surface area contributed by atoms with Gasteiger partial charge in [0.25, 0.3) is 0 Å². The first kappa shape index (κ1) is 10.3. The Morgan fingerprint density at radius 2 is 1.88 bits per heavy atom. The van der Waals surface area contributed by atoms with Crippen molar-refractivity contribution < 1.29 is 0 Å². The molecule has 1 aliphatic carbocycles. The molecule has 1 nitrogen and oxygen atoms in total. The van der Waals surface area contributed by atoms with Gasteiger partial charge in [0.15, 0.2) is 0 Å². The van der Waals surface area contributed by atoms with E-state index in [1.165, 1.54) is 22.3 Å². The van der Waals surface area contributed by atoms with Gasteiger partial charge in [-0.2, -0.15) is 0 Å². The molecular formula is C16H15N. The number of nitrogens with zero attached hydrogens (tertiary/aromatic N) is 1. The Morgan fingerprint density at radius 3 is 2.82 bits per heavy atom. The van der Waals surface area contributed by atoms with Crippen LogP contribution >= 0.6 is 0 Å². The lowest BCUT2D eigenvalue weighted by Gasteiger charge is -2.12. The molecule has 0 N–H and O–H groups in total. The first-order valence-electron chi connectivity index (χ1n) is 6.04. The van der Waals surface area contributed by atoms with Crippen LogP contribution in [0.15, 0.2) is 36.5 Å². The van der Waals surface area contributed by atoms with Gasteiger partial charge in [-0.05, 0) is 48.6 Å². The summed E-state index contributed by atoms with van der Waals surface area (Å²) in [7, 11) is 0. The lowest BCUT2D eigenvalue weighted by Crippen LogP contribution is -2.00. The maximum Gasteiger partial charge on any atom is 0.0661 e. The van der Waals surface area contributed by atoms with E-state index in [4.69, 9.17) is 0 Å². The molecule has 0 unspecified atom stereocenters. The fourth-order valence-corrected chi connectivity index (χ4v) is 2.36. The molecule has 17 heavy (non-hydrogen) atoms. The standard InChI is InChI=1S/C16H15N/c1-12-4-5-13-8-9-16-14(3-2-10-17-16)6-7-15(13)11-12/h2-5,8-11H,6-7H2,1H3/b9-8-. The molecule has 84 valence electrons. The van der Waals surface area contributed by atoms with Gasteiger partial charge in [-0.3, -0.25) is 4.98 Å². The molecular weight excluding hydrogens is 206 g/mol. The molecule has 1 heteroatoms. The Hall–Kier alpha value is -1.89. The minimum atomic E-state index is 1.07. The minimum Gasteiger partial charge on any atom is -0.257 e. The number of rotatable bonds is 0. The Labute approximate surface area is 102 Å². The molecule has 0 bridgehead atoms. The molecule has 0 spiro atoms. The van der Waals surface area contributed by atoms with Crippen molar-refractivity contribution in [3.05, 3.63) is 64.5 Å². The molecule has 1 aromatic heterocycles. The number of aromatic nitrogens is 1. The van der Waals surface area contributed by atoms with Crippen molar-refractivity contribution in [2.75, 3.05) is 0 Å². The van der Waals surface area contributed by atoms with Crippen molar-refractivity contribution in [3.63, 3.8) is 0 Å². The van der Waals surface area contributed by atoms with Crippen LogP contribution in [0, 0.1) is 6.92 Å².